The van der Waals surface area contributed by atoms with Crippen molar-refractivity contribution in [3.63, 3.8) is 0 Å². The highest BCUT2D eigenvalue weighted by Gasteiger charge is 2.27. The van der Waals surface area contributed by atoms with Gasteiger partial charge in [-0.25, -0.2) is 0 Å². The van der Waals surface area contributed by atoms with Crippen LogP contribution in [0.5, 0.6) is 0 Å². The first-order chi connectivity index (χ1) is 13.4. The molecule has 2 rings (SSSR count). The summed E-state index contributed by atoms with van der Waals surface area (Å²) in [5.74, 6) is -0.223. The average Bonchev–Trinajstić information content (AvgIpc) is 3.21. The van der Waals surface area contributed by atoms with E-state index in [0.717, 1.165) is 12.8 Å². The minimum absolute atomic E-state index is 0.109. The predicted molar refractivity (Wildman–Crippen MR) is 107 cm³/mol. The molecular weight excluding hydrogens is 382 g/mol. The third-order valence-corrected chi connectivity index (χ3v) is 5.16. The third kappa shape index (κ3) is 6.84. The van der Waals surface area contributed by atoms with Crippen LogP contribution in [0.1, 0.15) is 43.7 Å². The molecular formula is C18H27N5O4S. The van der Waals surface area contributed by atoms with E-state index in [1.54, 1.807) is 6.07 Å². The average molecular weight is 410 g/mol. The zero-order valence-electron chi connectivity index (χ0n) is 16.0. The maximum Gasteiger partial charge on any atom is 0.287 e. The van der Waals surface area contributed by atoms with E-state index >= 15 is 0 Å². The number of carbonyl (C=O) groups is 3. The molecule has 0 radical (unpaired) electrons. The van der Waals surface area contributed by atoms with Crippen LogP contribution in [0.15, 0.2) is 22.8 Å². The standard InChI is InChI=1S/C18H27N5O4S/c1-11-5-3-6-13(12(11)2)21-18(28)23-22-16(25)10-19-15(24)9-20-17(26)14-7-4-8-27-14/h4,7-8,11-13H,3,5-6,9-10H2,1-2H3,(H,19,24)(H,20,26)(H,22,25)(H2,21,23,28)/t11-,12+,13+/m0/s1. The van der Waals surface area contributed by atoms with Gasteiger partial charge >= 0.3 is 0 Å². The van der Waals surface area contributed by atoms with Crippen LogP contribution in [-0.4, -0.2) is 42.0 Å². The molecule has 1 aromatic heterocycles. The first kappa shape index (κ1) is 21.7. The molecule has 0 aromatic carbocycles. The Morgan fingerprint density at radius 1 is 1.11 bits per heavy atom. The summed E-state index contributed by atoms with van der Waals surface area (Å²) in [4.78, 5) is 35.1. The highest BCUT2D eigenvalue weighted by molar-refractivity contribution is 7.80. The Hall–Kier alpha value is -2.62. The van der Waals surface area contributed by atoms with Crippen molar-refractivity contribution in [3.05, 3.63) is 24.2 Å². The Balaban J connectivity index is 1.59. The van der Waals surface area contributed by atoms with Crippen LogP contribution >= 0.6 is 12.2 Å². The summed E-state index contributed by atoms with van der Waals surface area (Å²) in [7, 11) is 0. The maximum atomic E-state index is 11.8. The molecule has 1 heterocycles. The largest absolute Gasteiger partial charge is 0.459 e. The Bertz CT molecular complexity index is 694. The number of rotatable bonds is 6. The van der Waals surface area contributed by atoms with Gasteiger partial charge in [-0.2, -0.15) is 0 Å². The molecule has 28 heavy (non-hydrogen) atoms. The molecule has 1 saturated carbocycles. The molecule has 0 saturated heterocycles. The van der Waals surface area contributed by atoms with Crippen molar-refractivity contribution in [1.29, 1.82) is 0 Å². The van der Waals surface area contributed by atoms with Crippen LogP contribution < -0.4 is 26.8 Å². The van der Waals surface area contributed by atoms with Crippen LogP contribution in [0.25, 0.3) is 0 Å². The molecule has 9 nitrogen and oxygen atoms in total. The van der Waals surface area contributed by atoms with Gasteiger partial charge in [0, 0.05) is 6.04 Å². The van der Waals surface area contributed by atoms with Gasteiger partial charge in [-0.15, -0.1) is 0 Å². The maximum absolute atomic E-state index is 11.8. The number of hydrogen-bond acceptors (Lipinski definition) is 5. The van der Waals surface area contributed by atoms with E-state index < -0.39 is 17.7 Å². The van der Waals surface area contributed by atoms with Crippen molar-refractivity contribution in [2.75, 3.05) is 13.1 Å². The summed E-state index contributed by atoms with van der Waals surface area (Å²) in [6.45, 7) is 3.92. The fourth-order valence-electron chi connectivity index (χ4n) is 3.06. The lowest BCUT2D eigenvalue weighted by atomic mass is 9.78. The van der Waals surface area contributed by atoms with Gasteiger partial charge in [-0.05, 0) is 42.6 Å². The molecule has 3 atom stereocenters. The number of furan rings is 1. The fourth-order valence-corrected chi connectivity index (χ4v) is 3.26. The smallest absolute Gasteiger partial charge is 0.287 e. The molecule has 0 bridgehead atoms. The normalized spacial score (nSPS) is 21.3. The monoisotopic (exact) mass is 409 g/mol. The second-order valence-electron chi connectivity index (χ2n) is 6.96. The van der Waals surface area contributed by atoms with Crippen LogP contribution in [-0.2, 0) is 9.59 Å². The molecule has 154 valence electrons. The lowest BCUT2D eigenvalue weighted by molar-refractivity contribution is -0.125. The third-order valence-electron chi connectivity index (χ3n) is 4.94. The summed E-state index contributed by atoms with van der Waals surface area (Å²) >= 11 is 5.21. The molecule has 1 aliphatic carbocycles. The first-order valence-electron chi connectivity index (χ1n) is 9.30. The Kier molecular flexibility index (Phi) is 8.24. The van der Waals surface area contributed by atoms with Gasteiger partial charge in [0.2, 0.25) is 5.91 Å². The number of hydrogen-bond donors (Lipinski definition) is 5. The molecule has 0 unspecified atom stereocenters. The van der Waals surface area contributed by atoms with Crippen LogP contribution in [0.3, 0.4) is 0 Å². The fraction of sp³-hybridized carbons (Fsp3) is 0.556. The number of carbonyl (C=O) groups excluding carboxylic acids is 3. The summed E-state index contributed by atoms with van der Waals surface area (Å²) in [5.41, 5.74) is 5.08. The molecule has 1 aromatic rings. The SMILES string of the molecule is C[C@@H]1[C@@H](C)CCC[C@H]1NC(=S)NNC(=O)CNC(=O)CNC(=O)c1ccco1. The number of nitrogens with one attached hydrogen (secondary N) is 5. The zero-order chi connectivity index (χ0) is 20.5. The Morgan fingerprint density at radius 2 is 1.86 bits per heavy atom. The van der Waals surface area contributed by atoms with Crippen LogP contribution in [0, 0.1) is 11.8 Å². The minimum Gasteiger partial charge on any atom is -0.459 e. The minimum atomic E-state index is -0.506. The van der Waals surface area contributed by atoms with Gasteiger partial charge in [-0.1, -0.05) is 26.7 Å². The van der Waals surface area contributed by atoms with E-state index in [2.05, 4.69) is 40.6 Å². The number of hydrazine groups is 1. The van der Waals surface area contributed by atoms with E-state index in [9.17, 15) is 14.4 Å². The lowest BCUT2D eigenvalue weighted by Gasteiger charge is -2.35. The van der Waals surface area contributed by atoms with E-state index in [1.165, 1.54) is 18.8 Å². The zero-order valence-corrected chi connectivity index (χ0v) is 16.9. The van der Waals surface area contributed by atoms with E-state index in [1.807, 2.05) is 0 Å². The van der Waals surface area contributed by atoms with Crippen molar-refractivity contribution in [2.24, 2.45) is 11.8 Å². The molecule has 10 heteroatoms. The summed E-state index contributed by atoms with van der Waals surface area (Å²) < 4.78 is 4.91. The van der Waals surface area contributed by atoms with Gasteiger partial charge < -0.3 is 20.4 Å². The van der Waals surface area contributed by atoms with Crippen molar-refractivity contribution in [2.45, 2.75) is 39.2 Å². The van der Waals surface area contributed by atoms with Crippen molar-refractivity contribution in [1.82, 2.24) is 26.8 Å². The summed E-state index contributed by atoms with van der Waals surface area (Å²) in [6, 6.07) is 3.33. The summed E-state index contributed by atoms with van der Waals surface area (Å²) in [6.07, 6.45) is 4.78. The molecule has 1 aliphatic rings. The topological polar surface area (TPSA) is 124 Å². The van der Waals surface area contributed by atoms with Crippen LogP contribution in [0.4, 0.5) is 0 Å². The van der Waals surface area contributed by atoms with Gasteiger partial charge in [0.15, 0.2) is 10.9 Å². The molecule has 3 amide bonds. The van der Waals surface area contributed by atoms with Gasteiger partial charge in [0.1, 0.15) is 0 Å². The van der Waals surface area contributed by atoms with Gasteiger partial charge in [0.25, 0.3) is 11.8 Å². The lowest BCUT2D eigenvalue weighted by Crippen LogP contribution is -2.54. The Morgan fingerprint density at radius 3 is 2.57 bits per heavy atom. The van der Waals surface area contributed by atoms with Gasteiger partial charge in [0.05, 0.1) is 19.4 Å². The van der Waals surface area contributed by atoms with Crippen molar-refractivity contribution in [3.8, 4) is 0 Å². The van der Waals surface area contributed by atoms with Crippen molar-refractivity contribution < 1.29 is 18.8 Å². The first-order valence-corrected chi connectivity index (χ1v) is 9.71. The summed E-state index contributed by atoms with van der Waals surface area (Å²) in [5, 5.41) is 8.36. The number of amides is 3. The Labute approximate surface area is 169 Å². The molecule has 0 spiro atoms. The predicted octanol–water partition coefficient (Wildman–Crippen LogP) is 0.446. The molecule has 1 fully saturated rings. The quantitative estimate of drug-likeness (QED) is 0.341. The van der Waals surface area contributed by atoms with E-state index in [4.69, 9.17) is 16.6 Å². The number of thiocarbonyl (C=S) groups is 1. The molecule has 5 N–H and O–H groups in total. The van der Waals surface area contributed by atoms with E-state index in [-0.39, 0.29) is 24.9 Å². The highest BCUT2D eigenvalue weighted by Crippen LogP contribution is 2.29. The van der Waals surface area contributed by atoms with Gasteiger partial charge in [-0.3, -0.25) is 25.2 Å². The molecule has 0 aliphatic heterocycles. The van der Waals surface area contributed by atoms with E-state index in [0.29, 0.717) is 16.9 Å². The second-order valence-corrected chi connectivity index (χ2v) is 7.37. The second kappa shape index (κ2) is 10.6. The van der Waals surface area contributed by atoms with Crippen LogP contribution in [0.2, 0.25) is 0 Å². The van der Waals surface area contributed by atoms with Crippen molar-refractivity contribution >= 4 is 35.1 Å². The highest BCUT2D eigenvalue weighted by atomic mass is 32.1.